The van der Waals surface area contributed by atoms with E-state index in [1.807, 2.05) is 26.8 Å². The molecule has 0 radical (unpaired) electrons. The normalized spacial score (nSPS) is 21.3. The number of carbonyl (C=O) groups is 1. The van der Waals surface area contributed by atoms with Gasteiger partial charge in [0.05, 0.1) is 29.3 Å². The predicted octanol–water partition coefficient (Wildman–Crippen LogP) is 2.61. The molecule has 3 heterocycles. The number of nitrogens with zero attached hydrogens (tertiary/aromatic N) is 4. The van der Waals surface area contributed by atoms with Crippen LogP contribution >= 0.6 is 0 Å². The minimum atomic E-state index is -0.827. The van der Waals surface area contributed by atoms with Crippen LogP contribution in [0, 0.1) is 5.92 Å². The molecule has 1 aliphatic rings. The quantitative estimate of drug-likeness (QED) is 0.534. The summed E-state index contributed by atoms with van der Waals surface area (Å²) in [7, 11) is 0. The predicted molar refractivity (Wildman–Crippen MR) is 116 cm³/mol. The summed E-state index contributed by atoms with van der Waals surface area (Å²) in [5, 5.41) is 13.5. The van der Waals surface area contributed by atoms with Gasteiger partial charge in [-0.25, -0.2) is 15.0 Å². The van der Waals surface area contributed by atoms with Gasteiger partial charge < -0.3 is 20.1 Å². The van der Waals surface area contributed by atoms with E-state index in [0.29, 0.717) is 29.3 Å². The number of fused-ring (bicyclic) bond motifs is 1. The molecule has 1 atom stereocenters. The van der Waals surface area contributed by atoms with Crippen LogP contribution in [0.25, 0.3) is 17.0 Å². The molecule has 0 bridgehead atoms. The van der Waals surface area contributed by atoms with Crippen molar-refractivity contribution in [3.05, 3.63) is 36.7 Å². The standard InChI is InChI=1S/C22H30N6O3/c1-14(2)22(3,30)12-31-16-6-4-15(5-7-16)25-20(29)19-18-17(8-9-24-18)26-21(27-19)28-11-10-23-13-28/h8-11,13-16,24,30H,4-7,12H2,1-3H3,(H,25,29)/t15-,16-,22?. The molecule has 3 aromatic rings. The van der Waals surface area contributed by atoms with Crippen molar-refractivity contribution in [2.75, 3.05) is 6.61 Å². The molecule has 0 spiro atoms. The summed E-state index contributed by atoms with van der Waals surface area (Å²) in [6.45, 7) is 6.12. The molecule has 1 unspecified atom stereocenters. The minimum absolute atomic E-state index is 0.0645. The highest BCUT2D eigenvalue weighted by atomic mass is 16.5. The van der Waals surface area contributed by atoms with Crippen LogP contribution in [0.15, 0.2) is 31.0 Å². The summed E-state index contributed by atoms with van der Waals surface area (Å²) in [6, 6.07) is 1.89. The zero-order valence-corrected chi connectivity index (χ0v) is 18.2. The zero-order valence-electron chi connectivity index (χ0n) is 18.2. The number of ether oxygens (including phenoxy) is 1. The van der Waals surface area contributed by atoms with Crippen LogP contribution in [0.2, 0.25) is 0 Å². The molecule has 9 nitrogen and oxygen atoms in total. The minimum Gasteiger partial charge on any atom is -0.388 e. The Labute approximate surface area is 181 Å². The molecule has 0 aliphatic heterocycles. The molecule has 4 rings (SSSR count). The average molecular weight is 427 g/mol. The lowest BCUT2D eigenvalue weighted by Gasteiger charge is -2.33. The summed E-state index contributed by atoms with van der Waals surface area (Å²) in [5.41, 5.74) is 0.796. The molecule has 1 saturated carbocycles. The van der Waals surface area contributed by atoms with Crippen molar-refractivity contribution in [2.45, 2.75) is 64.2 Å². The fourth-order valence-electron chi connectivity index (χ4n) is 3.67. The first kappa shape index (κ1) is 21.5. The number of hydrogen-bond donors (Lipinski definition) is 3. The highest BCUT2D eigenvalue weighted by Gasteiger charge is 2.29. The van der Waals surface area contributed by atoms with Gasteiger partial charge in [0.15, 0.2) is 5.69 Å². The number of imidazole rings is 1. The number of aromatic amines is 1. The maximum absolute atomic E-state index is 13.0. The molecule has 3 aromatic heterocycles. The van der Waals surface area contributed by atoms with E-state index in [1.54, 1.807) is 29.5 Å². The van der Waals surface area contributed by atoms with Gasteiger partial charge in [-0.1, -0.05) is 13.8 Å². The van der Waals surface area contributed by atoms with Crippen LogP contribution < -0.4 is 5.32 Å². The van der Waals surface area contributed by atoms with E-state index >= 15 is 0 Å². The zero-order chi connectivity index (χ0) is 22.0. The van der Waals surface area contributed by atoms with Crippen LogP contribution in [0.5, 0.6) is 0 Å². The van der Waals surface area contributed by atoms with Crippen molar-refractivity contribution in [2.24, 2.45) is 5.92 Å². The van der Waals surface area contributed by atoms with Gasteiger partial charge >= 0.3 is 0 Å². The van der Waals surface area contributed by atoms with Crippen molar-refractivity contribution in [1.29, 1.82) is 0 Å². The summed E-state index contributed by atoms with van der Waals surface area (Å²) < 4.78 is 7.63. The van der Waals surface area contributed by atoms with Crippen LogP contribution in [0.4, 0.5) is 0 Å². The van der Waals surface area contributed by atoms with Gasteiger partial charge in [0.25, 0.3) is 5.91 Å². The number of nitrogens with one attached hydrogen (secondary N) is 2. The Kier molecular flexibility index (Phi) is 6.06. The first-order valence-electron chi connectivity index (χ1n) is 10.8. The van der Waals surface area contributed by atoms with E-state index in [1.165, 1.54) is 0 Å². The van der Waals surface area contributed by atoms with Crippen molar-refractivity contribution < 1.29 is 14.6 Å². The Hall–Kier alpha value is -2.78. The summed E-state index contributed by atoms with van der Waals surface area (Å²) >= 11 is 0. The third-order valence-electron chi connectivity index (χ3n) is 6.21. The molecule has 1 fully saturated rings. The fourth-order valence-corrected chi connectivity index (χ4v) is 3.67. The number of amides is 1. The van der Waals surface area contributed by atoms with Crippen LogP contribution in [0.3, 0.4) is 0 Å². The van der Waals surface area contributed by atoms with Crippen molar-refractivity contribution >= 4 is 16.9 Å². The second kappa shape index (κ2) is 8.76. The number of H-pyrrole nitrogens is 1. The number of aliphatic hydroxyl groups is 1. The van der Waals surface area contributed by atoms with Crippen LogP contribution in [-0.4, -0.2) is 59.9 Å². The Balaban J connectivity index is 1.39. The van der Waals surface area contributed by atoms with Gasteiger partial charge in [-0.3, -0.25) is 9.36 Å². The number of aromatic nitrogens is 5. The van der Waals surface area contributed by atoms with Gasteiger partial charge in [0.2, 0.25) is 5.95 Å². The largest absolute Gasteiger partial charge is 0.388 e. The van der Waals surface area contributed by atoms with E-state index in [4.69, 9.17) is 4.74 Å². The Bertz CT molecular complexity index is 1020. The van der Waals surface area contributed by atoms with E-state index < -0.39 is 5.60 Å². The Morgan fingerprint density at radius 1 is 1.35 bits per heavy atom. The van der Waals surface area contributed by atoms with Gasteiger partial charge in [-0.2, -0.15) is 0 Å². The first-order valence-corrected chi connectivity index (χ1v) is 10.8. The summed E-state index contributed by atoms with van der Waals surface area (Å²) in [4.78, 5) is 29.1. The third-order valence-corrected chi connectivity index (χ3v) is 6.21. The molecule has 0 saturated heterocycles. The fraction of sp³-hybridized carbons (Fsp3) is 0.545. The summed E-state index contributed by atoms with van der Waals surface area (Å²) in [6.07, 6.45) is 10.2. The molecule has 1 aliphatic carbocycles. The molecule has 31 heavy (non-hydrogen) atoms. The van der Waals surface area contributed by atoms with Gasteiger partial charge in [-0.15, -0.1) is 0 Å². The Morgan fingerprint density at radius 2 is 2.13 bits per heavy atom. The van der Waals surface area contributed by atoms with Gasteiger partial charge in [-0.05, 0) is 44.6 Å². The monoisotopic (exact) mass is 426 g/mol. The lowest BCUT2D eigenvalue weighted by molar-refractivity contribution is -0.0941. The van der Waals surface area contributed by atoms with Gasteiger partial charge in [0, 0.05) is 24.6 Å². The lowest BCUT2D eigenvalue weighted by Crippen LogP contribution is -2.42. The van der Waals surface area contributed by atoms with E-state index in [9.17, 15) is 9.90 Å². The molecule has 0 aromatic carbocycles. The van der Waals surface area contributed by atoms with E-state index in [-0.39, 0.29) is 24.0 Å². The third kappa shape index (κ3) is 4.77. The highest BCUT2D eigenvalue weighted by Crippen LogP contribution is 2.25. The maximum atomic E-state index is 13.0. The second-order valence-corrected chi connectivity index (χ2v) is 8.85. The molecule has 1 amide bonds. The number of hydrogen-bond acceptors (Lipinski definition) is 6. The molecular weight excluding hydrogens is 396 g/mol. The first-order chi connectivity index (χ1) is 14.8. The van der Waals surface area contributed by atoms with Crippen molar-refractivity contribution in [3.63, 3.8) is 0 Å². The summed E-state index contributed by atoms with van der Waals surface area (Å²) in [5.74, 6) is 0.320. The lowest BCUT2D eigenvalue weighted by atomic mass is 9.91. The van der Waals surface area contributed by atoms with Crippen LogP contribution in [0.1, 0.15) is 56.9 Å². The molecule has 3 N–H and O–H groups in total. The molecule has 166 valence electrons. The Morgan fingerprint density at radius 3 is 2.81 bits per heavy atom. The van der Waals surface area contributed by atoms with E-state index in [2.05, 4.69) is 25.3 Å². The topological polar surface area (TPSA) is 118 Å². The van der Waals surface area contributed by atoms with Gasteiger partial charge in [0.1, 0.15) is 6.33 Å². The number of carbonyl (C=O) groups excluding carboxylic acids is 1. The highest BCUT2D eigenvalue weighted by molar-refractivity contribution is 6.03. The maximum Gasteiger partial charge on any atom is 0.272 e. The number of rotatable bonds is 7. The van der Waals surface area contributed by atoms with Crippen molar-refractivity contribution in [3.8, 4) is 5.95 Å². The second-order valence-electron chi connectivity index (χ2n) is 8.85. The van der Waals surface area contributed by atoms with Crippen LogP contribution in [-0.2, 0) is 4.74 Å². The van der Waals surface area contributed by atoms with E-state index in [0.717, 1.165) is 25.7 Å². The average Bonchev–Trinajstić information content (AvgIpc) is 3.44. The van der Waals surface area contributed by atoms with Crippen molar-refractivity contribution in [1.82, 2.24) is 29.8 Å². The molecule has 9 heteroatoms. The molecular formula is C22H30N6O3. The smallest absolute Gasteiger partial charge is 0.272 e. The SMILES string of the molecule is CC(C)C(C)(O)CO[C@H]1CC[C@H](NC(=O)c2nc(-n3ccnc3)nc3cc[nH]c23)CC1.